The number of aliphatic hydroxyl groups excluding tert-OH is 2. The molecular formula is C36H42O3. The van der Waals surface area contributed by atoms with Crippen LogP contribution in [0.15, 0.2) is 60.7 Å². The highest BCUT2D eigenvalue weighted by Crippen LogP contribution is 2.30. The van der Waals surface area contributed by atoms with Gasteiger partial charge in [0.15, 0.2) is 0 Å². The first kappa shape index (κ1) is 30.0. The fraction of sp³-hybridized carbons (Fsp3) is 0.389. The van der Waals surface area contributed by atoms with Gasteiger partial charge in [0.05, 0.1) is 19.8 Å². The molecule has 0 amide bonds. The summed E-state index contributed by atoms with van der Waals surface area (Å²) in [5, 5.41) is 19.7. The third kappa shape index (κ3) is 9.96. The molecule has 3 nitrogen and oxygen atoms in total. The smallest absolute Gasteiger partial charge is 0.119 e. The van der Waals surface area contributed by atoms with Gasteiger partial charge in [-0.25, -0.2) is 0 Å². The van der Waals surface area contributed by atoms with Gasteiger partial charge in [-0.1, -0.05) is 94.6 Å². The van der Waals surface area contributed by atoms with Gasteiger partial charge >= 0.3 is 0 Å². The Kier molecular flexibility index (Phi) is 13.2. The Morgan fingerprint density at radius 1 is 0.641 bits per heavy atom. The van der Waals surface area contributed by atoms with Crippen molar-refractivity contribution in [2.24, 2.45) is 0 Å². The van der Waals surface area contributed by atoms with E-state index in [0.29, 0.717) is 16.7 Å². The van der Waals surface area contributed by atoms with Crippen molar-refractivity contribution in [1.29, 1.82) is 0 Å². The lowest BCUT2D eigenvalue weighted by atomic mass is 9.92. The van der Waals surface area contributed by atoms with E-state index in [1.165, 1.54) is 57.8 Å². The van der Waals surface area contributed by atoms with Crippen molar-refractivity contribution in [2.45, 2.75) is 84.3 Å². The largest absolute Gasteiger partial charge is 0.494 e. The number of hydrogen-bond acceptors (Lipinski definition) is 3. The molecular weight excluding hydrogens is 480 g/mol. The molecule has 0 aromatic heterocycles. The molecule has 0 bridgehead atoms. The van der Waals surface area contributed by atoms with Gasteiger partial charge in [-0.05, 0) is 77.2 Å². The number of unbranched alkanes of at least 4 members (excludes halogenated alkanes) is 9. The van der Waals surface area contributed by atoms with E-state index in [1.807, 2.05) is 48.5 Å². The highest BCUT2D eigenvalue weighted by molar-refractivity contribution is 5.73. The molecule has 0 radical (unpaired) electrons. The summed E-state index contributed by atoms with van der Waals surface area (Å²) in [4.78, 5) is 0. The summed E-state index contributed by atoms with van der Waals surface area (Å²) in [6, 6.07) is 19.3. The predicted molar refractivity (Wildman–Crippen MR) is 161 cm³/mol. The van der Waals surface area contributed by atoms with Crippen LogP contribution in [0.3, 0.4) is 0 Å². The van der Waals surface area contributed by atoms with E-state index in [9.17, 15) is 10.2 Å². The minimum absolute atomic E-state index is 0.154. The Morgan fingerprint density at radius 2 is 1.13 bits per heavy atom. The second kappa shape index (κ2) is 17.2. The molecule has 2 N–H and O–H groups in total. The van der Waals surface area contributed by atoms with E-state index in [0.717, 1.165) is 41.0 Å². The van der Waals surface area contributed by atoms with Crippen LogP contribution >= 0.6 is 0 Å². The molecule has 204 valence electrons. The van der Waals surface area contributed by atoms with Gasteiger partial charge < -0.3 is 14.9 Å². The molecule has 0 saturated heterocycles. The standard InChI is InChI=1S/C36H42O3/c1-3-5-6-7-8-9-10-11-12-13-24-39-35-22-18-31(19-23-35)15-14-30-16-20-32(21-17-30)36-33(27-37)25-29(4-2)26-34(36)28-38/h2,16-23,25-26,37-38H,3,5-13,24,27-28H2,1H3. The van der Waals surface area contributed by atoms with E-state index in [1.54, 1.807) is 12.1 Å². The van der Waals surface area contributed by atoms with Crippen LogP contribution < -0.4 is 4.74 Å². The summed E-state index contributed by atoms with van der Waals surface area (Å²) in [5.41, 5.74) is 5.57. The van der Waals surface area contributed by atoms with Crippen LogP contribution in [0.2, 0.25) is 0 Å². The van der Waals surface area contributed by atoms with Crippen molar-refractivity contribution < 1.29 is 14.9 Å². The van der Waals surface area contributed by atoms with Gasteiger partial charge in [0, 0.05) is 16.7 Å². The molecule has 39 heavy (non-hydrogen) atoms. The Labute approximate surface area is 235 Å². The summed E-state index contributed by atoms with van der Waals surface area (Å²) in [6.45, 7) is 2.72. The third-order valence-electron chi connectivity index (χ3n) is 6.95. The van der Waals surface area contributed by atoms with Gasteiger partial charge in [0.25, 0.3) is 0 Å². The fourth-order valence-corrected chi connectivity index (χ4v) is 4.75. The predicted octanol–water partition coefficient (Wildman–Crippen LogP) is 8.02. The zero-order valence-electron chi connectivity index (χ0n) is 23.3. The maximum atomic E-state index is 9.85. The van der Waals surface area contributed by atoms with Crippen LogP contribution in [-0.2, 0) is 13.2 Å². The van der Waals surface area contributed by atoms with Crippen molar-refractivity contribution in [3.05, 3.63) is 88.5 Å². The van der Waals surface area contributed by atoms with Gasteiger partial charge in [0.2, 0.25) is 0 Å². The molecule has 3 heteroatoms. The highest BCUT2D eigenvalue weighted by Gasteiger charge is 2.12. The zero-order chi connectivity index (χ0) is 27.7. The maximum Gasteiger partial charge on any atom is 0.119 e. The topological polar surface area (TPSA) is 49.7 Å². The average Bonchev–Trinajstić information content (AvgIpc) is 2.99. The minimum atomic E-state index is -0.154. The van der Waals surface area contributed by atoms with Gasteiger partial charge in [-0.2, -0.15) is 0 Å². The lowest BCUT2D eigenvalue weighted by molar-refractivity contribution is 0.276. The Morgan fingerprint density at radius 3 is 1.62 bits per heavy atom. The molecule has 3 rings (SSSR count). The first-order chi connectivity index (χ1) is 19.2. The van der Waals surface area contributed by atoms with Crippen LogP contribution in [0.1, 0.15) is 98.9 Å². The van der Waals surface area contributed by atoms with E-state index in [4.69, 9.17) is 11.2 Å². The molecule has 0 heterocycles. The Balaban J connectivity index is 1.46. The number of aliphatic hydroxyl groups is 2. The number of rotatable bonds is 15. The summed E-state index contributed by atoms with van der Waals surface area (Å²) in [6.07, 6.45) is 18.7. The van der Waals surface area contributed by atoms with Crippen molar-refractivity contribution in [3.63, 3.8) is 0 Å². The first-order valence-electron chi connectivity index (χ1n) is 14.4. The second-order valence-corrected chi connectivity index (χ2v) is 10.0. The van der Waals surface area contributed by atoms with E-state index in [-0.39, 0.29) is 13.2 Å². The van der Waals surface area contributed by atoms with E-state index < -0.39 is 0 Å². The van der Waals surface area contributed by atoms with Crippen LogP contribution in [0.25, 0.3) is 11.1 Å². The van der Waals surface area contributed by atoms with Gasteiger partial charge in [-0.15, -0.1) is 6.42 Å². The van der Waals surface area contributed by atoms with Gasteiger partial charge in [-0.3, -0.25) is 0 Å². The molecule has 0 fully saturated rings. The molecule has 3 aromatic carbocycles. The molecule has 0 atom stereocenters. The molecule has 0 aliphatic rings. The Hall–Kier alpha value is -3.50. The van der Waals surface area contributed by atoms with E-state index in [2.05, 4.69) is 24.7 Å². The summed E-state index contributed by atoms with van der Waals surface area (Å²) >= 11 is 0. The monoisotopic (exact) mass is 522 g/mol. The van der Waals surface area contributed by atoms with Crippen LogP contribution in [0.4, 0.5) is 0 Å². The summed E-state index contributed by atoms with van der Waals surface area (Å²) in [7, 11) is 0. The number of benzene rings is 3. The molecule has 0 unspecified atom stereocenters. The van der Waals surface area contributed by atoms with Crippen molar-refractivity contribution in [1.82, 2.24) is 0 Å². The summed E-state index contributed by atoms with van der Waals surface area (Å²) < 4.78 is 5.91. The molecule has 0 aliphatic carbocycles. The van der Waals surface area contributed by atoms with Crippen LogP contribution in [-0.4, -0.2) is 16.8 Å². The van der Waals surface area contributed by atoms with E-state index >= 15 is 0 Å². The zero-order valence-corrected chi connectivity index (χ0v) is 23.3. The van der Waals surface area contributed by atoms with Crippen LogP contribution in [0, 0.1) is 24.2 Å². The second-order valence-electron chi connectivity index (χ2n) is 10.0. The maximum absolute atomic E-state index is 9.85. The first-order valence-corrected chi connectivity index (χ1v) is 14.4. The normalized spacial score (nSPS) is 10.5. The third-order valence-corrected chi connectivity index (χ3v) is 6.95. The highest BCUT2D eigenvalue weighted by atomic mass is 16.5. The number of terminal acetylenes is 1. The molecule has 0 saturated carbocycles. The molecule has 0 aliphatic heterocycles. The minimum Gasteiger partial charge on any atom is -0.494 e. The fourth-order valence-electron chi connectivity index (χ4n) is 4.75. The number of ether oxygens (including phenoxy) is 1. The lowest BCUT2D eigenvalue weighted by Gasteiger charge is -2.14. The molecule has 0 spiro atoms. The average molecular weight is 523 g/mol. The lowest BCUT2D eigenvalue weighted by Crippen LogP contribution is -1.98. The quantitative estimate of drug-likeness (QED) is 0.157. The van der Waals surface area contributed by atoms with Crippen molar-refractivity contribution >= 4 is 0 Å². The van der Waals surface area contributed by atoms with Crippen molar-refractivity contribution in [3.8, 4) is 41.1 Å². The molecule has 3 aromatic rings. The Bertz CT molecular complexity index is 1210. The summed E-state index contributed by atoms with van der Waals surface area (Å²) in [5.74, 6) is 9.88. The SMILES string of the molecule is C#Cc1cc(CO)c(-c2ccc(C#Cc3ccc(OCCCCCCCCCCCC)cc3)cc2)c(CO)c1. The van der Waals surface area contributed by atoms with Crippen LogP contribution in [0.5, 0.6) is 5.75 Å². The van der Waals surface area contributed by atoms with Crippen molar-refractivity contribution in [2.75, 3.05) is 6.61 Å². The van der Waals surface area contributed by atoms with Gasteiger partial charge in [0.1, 0.15) is 5.75 Å². The number of hydrogen-bond donors (Lipinski definition) is 2.